The largest absolute Gasteiger partial charge is 0.478 e. The summed E-state index contributed by atoms with van der Waals surface area (Å²) < 4.78 is 8.00. The third-order valence-electron chi connectivity index (χ3n) is 5.12. The first-order valence-corrected chi connectivity index (χ1v) is 9.02. The zero-order valence-electron chi connectivity index (χ0n) is 14.5. The fraction of sp³-hybridized carbons (Fsp3) is 0.611. The number of hydrogen-bond donors (Lipinski definition) is 0. The zero-order chi connectivity index (χ0) is 16.5. The molecule has 24 heavy (non-hydrogen) atoms. The van der Waals surface area contributed by atoms with Gasteiger partial charge in [0.2, 0.25) is 5.88 Å². The van der Waals surface area contributed by atoms with Crippen molar-refractivity contribution in [1.82, 2.24) is 19.5 Å². The normalized spacial score (nSPS) is 20.2. The van der Waals surface area contributed by atoms with E-state index in [-0.39, 0.29) is 0 Å². The lowest BCUT2D eigenvalue weighted by atomic mass is 10.0. The fourth-order valence-corrected chi connectivity index (χ4v) is 4.07. The Morgan fingerprint density at radius 2 is 2.12 bits per heavy atom. The molecule has 0 spiro atoms. The smallest absolute Gasteiger partial charge is 0.218 e. The lowest BCUT2D eigenvalue weighted by Gasteiger charge is -2.21. The van der Waals surface area contributed by atoms with Crippen molar-refractivity contribution < 1.29 is 4.74 Å². The molecule has 6 heteroatoms. The quantitative estimate of drug-likeness (QED) is 0.864. The lowest BCUT2D eigenvalue weighted by Crippen LogP contribution is -2.23. The van der Waals surface area contributed by atoms with Crippen LogP contribution in [-0.4, -0.2) is 39.2 Å². The van der Waals surface area contributed by atoms with Crippen molar-refractivity contribution in [2.24, 2.45) is 0 Å². The van der Waals surface area contributed by atoms with Crippen molar-refractivity contribution in [2.75, 3.05) is 24.6 Å². The van der Waals surface area contributed by atoms with Crippen LogP contribution < -0.4 is 9.64 Å². The van der Waals surface area contributed by atoms with Gasteiger partial charge in [0.25, 0.3) is 0 Å². The Morgan fingerprint density at radius 1 is 1.25 bits per heavy atom. The van der Waals surface area contributed by atoms with E-state index in [1.54, 1.807) is 6.33 Å². The van der Waals surface area contributed by atoms with Gasteiger partial charge in [0.15, 0.2) is 0 Å². The Morgan fingerprint density at radius 3 is 3.00 bits per heavy atom. The Balaban J connectivity index is 1.55. The Labute approximate surface area is 142 Å². The second-order valence-corrected chi connectivity index (χ2v) is 6.67. The van der Waals surface area contributed by atoms with Crippen molar-refractivity contribution in [3.05, 3.63) is 29.6 Å². The van der Waals surface area contributed by atoms with E-state index in [2.05, 4.69) is 26.4 Å². The van der Waals surface area contributed by atoms with Crippen LogP contribution in [-0.2, 0) is 12.8 Å². The van der Waals surface area contributed by atoms with Crippen molar-refractivity contribution >= 4 is 5.82 Å². The van der Waals surface area contributed by atoms with Gasteiger partial charge in [0.05, 0.1) is 18.3 Å². The highest BCUT2D eigenvalue weighted by Gasteiger charge is 2.29. The lowest BCUT2D eigenvalue weighted by molar-refractivity contribution is 0.326. The summed E-state index contributed by atoms with van der Waals surface area (Å²) in [6, 6.07) is 2.44. The molecule has 2 aromatic rings. The SMILES string of the molecule is CCOc1cc(N2CC[C@H](n3c(C)nc4c3CCCC4)C2)ncn1. The van der Waals surface area contributed by atoms with Crippen molar-refractivity contribution in [2.45, 2.75) is 52.0 Å². The maximum absolute atomic E-state index is 5.51. The summed E-state index contributed by atoms with van der Waals surface area (Å²) in [7, 11) is 0. The maximum Gasteiger partial charge on any atom is 0.218 e. The molecule has 3 heterocycles. The molecule has 0 radical (unpaired) electrons. The van der Waals surface area contributed by atoms with E-state index in [1.807, 2.05) is 13.0 Å². The number of rotatable bonds is 4. The third kappa shape index (κ3) is 2.74. The second kappa shape index (κ2) is 6.42. The maximum atomic E-state index is 5.51. The van der Waals surface area contributed by atoms with Gasteiger partial charge in [-0.3, -0.25) is 0 Å². The molecule has 1 aliphatic heterocycles. The molecule has 2 aliphatic rings. The topological polar surface area (TPSA) is 56.1 Å². The zero-order valence-corrected chi connectivity index (χ0v) is 14.5. The van der Waals surface area contributed by atoms with Crippen LogP contribution in [0.4, 0.5) is 5.82 Å². The monoisotopic (exact) mass is 327 g/mol. The molecule has 0 amide bonds. The van der Waals surface area contributed by atoms with E-state index in [9.17, 15) is 0 Å². The summed E-state index contributed by atoms with van der Waals surface area (Å²) in [6.45, 7) is 6.74. The standard InChI is InChI=1S/C18H25N5O/c1-3-24-18-10-17(19-12-20-18)22-9-8-14(11-22)23-13(2)21-15-6-4-5-7-16(15)23/h10,12,14H,3-9,11H2,1-2H3/t14-/m0/s1. The van der Waals surface area contributed by atoms with E-state index in [1.165, 1.54) is 36.5 Å². The fourth-order valence-electron chi connectivity index (χ4n) is 4.07. The van der Waals surface area contributed by atoms with Crippen LogP contribution in [0.3, 0.4) is 0 Å². The van der Waals surface area contributed by atoms with Gasteiger partial charge in [0, 0.05) is 24.8 Å². The first kappa shape index (κ1) is 15.4. The molecular formula is C18H25N5O. The van der Waals surface area contributed by atoms with Gasteiger partial charge in [-0.05, 0) is 46.0 Å². The number of nitrogens with zero attached hydrogens (tertiary/aromatic N) is 5. The second-order valence-electron chi connectivity index (χ2n) is 6.67. The molecule has 2 aromatic heterocycles. The number of imidazole rings is 1. The molecule has 1 atom stereocenters. The average Bonchev–Trinajstić information content (AvgIpc) is 3.18. The van der Waals surface area contributed by atoms with Gasteiger partial charge in [0.1, 0.15) is 18.0 Å². The van der Waals surface area contributed by atoms with Crippen LogP contribution in [0.5, 0.6) is 5.88 Å². The molecule has 0 unspecified atom stereocenters. The van der Waals surface area contributed by atoms with E-state index in [0.717, 1.165) is 31.7 Å². The molecule has 0 aromatic carbocycles. The molecule has 1 fully saturated rings. The molecule has 6 nitrogen and oxygen atoms in total. The van der Waals surface area contributed by atoms with Gasteiger partial charge >= 0.3 is 0 Å². The number of aryl methyl sites for hydroxylation is 2. The number of anilines is 1. The van der Waals surface area contributed by atoms with Crippen molar-refractivity contribution in [1.29, 1.82) is 0 Å². The Bertz CT molecular complexity index is 726. The molecule has 0 N–H and O–H groups in total. The van der Waals surface area contributed by atoms with E-state index >= 15 is 0 Å². The summed E-state index contributed by atoms with van der Waals surface area (Å²) in [4.78, 5) is 15.8. The van der Waals surface area contributed by atoms with Gasteiger partial charge in [-0.25, -0.2) is 15.0 Å². The number of ether oxygens (including phenoxy) is 1. The number of hydrogen-bond acceptors (Lipinski definition) is 5. The predicted molar refractivity (Wildman–Crippen MR) is 92.7 cm³/mol. The van der Waals surface area contributed by atoms with E-state index < -0.39 is 0 Å². The van der Waals surface area contributed by atoms with Gasteiger partial charge in [-0.2, -0.15) is 0 Å². The van der Waals surface area contributed by atoms with Gasteiger partial charge in [-0.15, -0.1) is 0 Å². The molecule has 4 rings (SSSR count). The summed E-state index contributed by atoms with van der Waals surface area (Å²) in [5, 5.41) is 0. The minimum Gasteiger partial charge on any atom is -0.478 e. The van der Waals surface area contributed by atoms with Crippen LogP contribution in [0.2, 0.25) is 0 Å². The third-order valence-corrected chi connectivity index (χ3v) is 5.12. The van der Waals surface area contributed by atoms with Crippen LogP contribution in [0, 0.1) is 6.92 Å². The Hall–Kier alpha value is -2.11. The van der Waals surface area contributed by atoms with Crippen LogP contribution in [0.1, 0.15) is 49.4 Å². The molecule has 1 saturated heterocycles. The van der Waals surface area contributed by atoms with Crippen LogP contribution in [0.15, 0.2) is 12.4 Å². The van der Waals surface area contributed by atoms with E-state index in [4.69, 9.17) is 9.72 Å². The summed E-state index contributed by atoms with van der Waals surface area (Å²) >= 11 is 0. The summed E-state index contributed by atoms with van der Waals surface area (Å²) in [5.41, 5.74) is 2.81. The number of fused-ring (bicyclic) bond motifs is 1. The van der Waals surface area contributed by atoms with Crippen LogP contribution >= 0.6 is 0 Å². The van der Waals surface area contributed by atoms with Crippen LogP contribution in [0.25, 0.3) is 0 Å². The average molecular weight is 327 g/mol. The number of aromatic nitrogens is 4. The molecule has 1 aliphatic carbocycles. The highest BCUT2D eigenvalue weighted by Crippen LogP contribution is 2.32. The molecular weight excluding hydrogens is 302 g/mol. The summed E-state index contributed by atoms with van der Waals surface area (Å²) in [5.74, 6) is 2.79. The minimum atomic E-state index is 0.491. The minimum absolute atomic E-state index is 0.491. The molecule has 0 bridgehead atoms. The highest BCUT2D eigenvalue weighted by atomic mass is 16.5. The Kier molecular flexibility index (Phi) is 4.12. The predicted octanol–water partition coefficient (Wildman–Crippen LogP) is 2.71. The van der Waals surface area contributed by atoms with Gasteiger partial charge < -0.3 is 14.2 Å². The van der Waals surface area contributed by atoms with Gasteiger partial charge in [-0.1, -0.05) is 0 Å². The first-order chi connectivity index (χ1) is 11.8. The van der Waals surface area contributed by atoms with E-state index in [0.29, 0.717) is 18.5 Å². The first-order valence-electron chi connectivity index (χ1n) is 9.02. The molecule has 128 valence electrons. The highest BCUT2D eigenvalue weighted by molar-refractivity contribution is 5.42. The van der Waals surface area contributed by atoms with Crippen molar-refractivity contribution in [3.63, 3.8) is 0 Å². The molecule has 0 saturated carbocycles. The van der Waals surface area contributed by atoms with Crippen molar-refractivity contribution in [3.8, 4) is 5.88 Å². The summed E-state index contributed by atoms with van der Waals surface area (Å²) in [6.07, 6.45) is 7.62.